The van der Waals surface area contributed by atoms with E-state index in [2.05, 4.69) is 5.73 Å². The molecule has 0 fully saturated rings. The van der Waals surface area contributed by atoms with Crippen molar-refractivity contribution in [1.29, 1.82) is 0 Å². The van der Waals surface area contributed by atoms with Crippen molar-refractivity contribution in [2.45, 2.75) is 25.7 Å². The van der Waals surface area contributed by atoms with Gasteiger partial charge in [0.2, 0.25) is 5.91 Å². The maximum Gasteiger partial charge on any atom is 0.217 e. The quantitative estimate of drug-likeness (QED) is 0.475. The molecule has 3 heteroatoms. The lowest BCUT2D eigenvalue weighted by Gasteiger charge is -1.92. The summed E-state index contributed by atoms with van der Waals surface area (Å²) in [6.07, 6.45) is 3.63. The highest BCUT2D eigenvalue weighted by molar-refractivity contribution is 5.73. The van der Waals surface area contributed by atoms with Crippen molar-refractivity contribution in [3.63, 3.8) is 0 Å². The van der Waals surface area contributed by atoms with Crippen LogP contribution in [0.2, 0.25) is 0 Å². The van der Waals surface area contributed by atoms with Crippen LogP contribution in [-0.2, 0) is 4.79 Å². The predicted molar refractivity (Wildman–Crippen MR) is 35.4 cm³/mol. The first-order chi connectivity index (χ1) is 4.27. The molecule has 0 rings (SSSR count). The van der Waals surface area contributed by atoms with Gasteiger partial charge >= 0.3 is 0 Å². The van der Waals surface area contributed by atoms with Gasteiger partial charge in [-0.25, -0.2) is 0 Å². The summed E-state index contributed by atoms with van der Waals surface area (Å²) in [7, 11) is 0. The number of primary amides is 1. The molecule has 0 saturated carbocycles. The molecule has 0 bridgehead atoms. The van der Waals surface area contributed by atoms with Gasteiger partial charge in [-0.15, -0.1) is 0 Å². The summed E-state index contributed by atoms with van der Waals surface area (Å²) >= 11 is 0. The van der Waals surface area contributed by atoms with E-state index in [0.29, 0.717) is 6.42 Å². The van der Waals surface area contributed by atoms with Crippen molar-refractivity contribution in [3.05, 3.63) is 0 Å². The van der Waals surface area contributed by atoms with Crippen LogP contribution < -0.4 is 11.5 Å². The van der Waals surface area contributed by atoms with Gasteiger partial charge in [0.25, 0.3) is 0 Å². The van der Waals surface area contributed by atoms with E-state index in [0.717, 1.165) is 25.8 Å². The molecular weight excluding hydrogens is 116 g/mol. The molecule has 0 unspecified atom stereocenters. The maximum absolute atomic E-state index is 10.2. The molecule has 3 nitrogen and oxygen atoms in total. The minimum absolute atomic E-state index is 0.195. The van der Waals surface area contributed by atoms with Crippen molar-refractivity contribution < 1.29 is 10.5 Å². The topological polar surface area (TPSA) is 70.7 Å². The smallest absolute Gasteiger partial charge is 0.217 e. The molecular formula is C6H15N2O+. The molecule has 0 aromatic rings. The molecule has 0 spiro atoms. The molecule has 5 N–H and O–H groups in total. The van der Waals surface area contributed by atoms with Crippen LogP contribution in [0.1, 0.15) is 25.7 Å². The number of rotatable bonds is 5. The molecule has 0 aliphatic rings. The fourth-order valence-electron chi connectivity index (χ4n) is 0.653. The van der Waals surface area contributed by atoms with Gasteiger partial charge in [-0.2, -0.15) is 0 Å². The number of amides is 1. The Morgan fingerprint density at radius 3 is 2.44 bits per heavy atom. The first-order valence-corrected chi connectivity index (χ1v) is 3.35. The summed E-state index contributed by atoms with van der Waals surface area (Å²) in [5.41, 5.74) is 8.61. The van der Waals surface area contributed by atoms with E-state index in [1.807, 2.05) is 0 Å². The molecule has 0 aromatic carbocycles. The van der Waals surface area contributed by atoms with Crippen molar-refractivity contribution in [2.24, 2.45) is 5.73 Å². The van der Waals surface area contributed by atoms with E-state index in [9.17, 15) is 4.79 Å². The lowest BCUT2D eigenvalue weighted by molar-refractivity contribution is -0.368. The van der Waals surface area contributed by atoms with E-state index in [4.69, 9.17) is 5.73 Å². The fourth-order valence-corrected chi connectivity index (χ4v) is 0.653. The molecule has 0 aromatic heterocycles. The fraction of sp³-hybridized carbons (Fsp3) is 0.833. The molecule has 0 aliphatic heterocycles. The first kappa shape index (κ1) is 8.43. The second-order valence-electron chi connectivity index (χ2n) is 2.13. The van der Waals surface area contributed by atoms with Gasteiger partial charge in [-0.05, 0) is 19.3 Å². The van der Waals surface area contributed by atoms with Crippen molar-refractivity contribution in [1.82, 2.24) is 0 Å². The van der Waals surface area contributed by atoms with Crippen LogP contribution in [0.25, 0.3) is 0 Å². The summed E-state index contributed by atoms with van der Waals surface area (Å²) in [6, 6.07) is 0. The average molecular weight is 131 g/mol. The summed E-state index contributed by atoms with van der Waals surface area (Å²) in [5, 5.41) is 0. The molecule has 0 saturated heterocycles. The van der Waals surface area contributed by atoms with E-state index in [1.165, 1.54) is 0 Å². The number of carbonyl (C=O) groups is 1. The van der Waals surface area contributed by atoms with E-state index in [1.54, 1.807) is 0 Å². The lowest BCUT2D eigenvalue weighted by atomic mass is 10.2. The standard InChI is InChI=1S/C6H14N2O/c7-5-3-1-2-4-6(8)9/h1-5,7H2,(H2,8,9)/p+1. The molecule has 0 aliphatic carbocycles. The number of carbonyl (C=O) groups excluding carboxylic acids is 1. The first-order valence-electron chi connectivity index (χ1n) is 3.35. The zero-order chi connectivity index (χ0) is 7.11. The highest BCUT2D eigenvalue weighted by Crippen LogP contribution is 1.95. The zero-order valence-electron chi connectivity index (χ0n) is 5.73. The van der Waals surface area contributed by atoms with Crippen LogP contribution >= 0.6 is 0 Å². The number of unbranched alkanes of at least 4 members (excludes halogenated alkanes) is 2. The molecule has 54 valence electrons. The van der Waals surface area contributed by atoms with Gasteiger partial charge in [-0.3, -0.25) is 4.79 Å². The molecule has 0 heterocycles. The molecule has 0 radical (unpaired) electrons. The minimum Gasteiger partial charge on any atom is -0.370 e. The Morgan fingerprint density at radius 1 is 1.33 bits per heavy atom. The van der Waals surface area contributed by atoms with E-state index >= 15 is 0 Å². The third kappa shape index (κ3) is 7.43. The normalized spacial score (nSPS) is 9.44. The van der Waals surface area contributed by atoms with Gasteiger partial charge in [0.15, 0.2) is 0 Å². The Hall–Kier alpha value is -0.570. The van der Waals surface area contributed by atoms with Crippen molar-refractivity contribution >= 4 is 5.91 Å². The summed E-state index contributed by atoms with van der Waals surface area (Å²) in [4.78, 5) is 10.2. The Kier molecular flexibility index (Phi) is 5.21. The summed E-state index contributed by atoms with van der Waals surface area (Å²) in [6.45, 7) is 0.957. The van der Waals surface area contributed by atoms with Gasteiger partial charge in [0, 0.05) is 6.42 Å². The number of nitrogens with two attached hydrogens (primary N) is 1. The van der Waals surface area contributed by atoms with Gasteiger partial charge in [0.05, 0.1) is 6.54 Å². The van der Waals surface area contributed by atoms with E-state index < -0.39 is 0 Å². The maximum atomic E-state index is 10.2. The molecule has 9 heavy (non-hydrogen) atoms. The third-order valence-corrected chi connectivity index (χ3v) is 1.17. The van der Waals surface area contributed by atoms with Gasteiger partial charge in [-0.1, -0.05) is 0 Å². The lowest BCUT2D eigenvalue weighted by Crippen LogP contribution is -2.50. The Balaban J connectivity index is 2.83. The van der Waals surface area contributed by atoms with Crippen LogP contribution in [0, 0.1) is 0 Å². The van der Waals surface area contributed by atoms with Crippen LogP contribution in [0.4, 0.5) is 0 Å². The van der Waals surface area contributed by atoms with Gasteiger partial charge in [0.1, 0.15) is 0 Å². The monoisotopic (exact) mass is 131 g/mol. The Bertz CT molecular complexity index is 83.1. The third-order valence-electron chi connectivity index (χ3n) is 1.17. The van der Waals surface area contributed by atoms with E-state index in [-0.39, 0.29) is 5.91 Å². The van der Waals surface area contributed by atoms with Crippen LogP contribution in [0.3, 0.4) is 0 Å². The SMILES string of the molecule is NC(=O)CCCCC[NH3+]. The minimum atomic E-state index is -0.195. The van der Waals surface area contributed by atoms with Crippen LogP contribution in [0.5, 0.6) is 0 Å². The highest BCUT2D eigenvalue weighted by Gasteiger charge is 1.92. The summed E-state index contributed by atoms with van der Waals surface area (Å²) < 4.78 is 0. The number of quaternary nitrogens is 1. The predicted octanol–water partition coefficient (Wildman–Crippen LogP) is -0.726. The second kappa shape index (κ2) is 5.56. The average Bonchev–Trinajstić information content (AvgIpc) is 1.80. The Labute approximate surface area is 55.4 Å². The largest absolute Gasteiger partial charge is 0.370 e. The Morgan fingerprint density at radius 2 is 2.00 bits per heavy atom. The molecule has 0 atom stereocenters. The van der Waals surface area contributed by atoms with Crippen LogP contribution in [-0.4, -0.2) is 12.5 Å². The van der Waals surface area contributed by atoms with Crippen molar-refractivity contribution in [3.8, 4) is 0 Å². The second-order valence-corrected chi connectivity index (χ2v) is 2.13. The van der Waals surface area contributed by atoms with Gasteiger partial charge < -0.3 is 11.5 Å². The van der Waals surface area contributed by atoms with Crippen molar-refractivity contribution in [2.75, 3.05) is 6.54 Å². The molecule has 1 amide bonds. The summed E-state index contributed by atoms with van der Waals surface area (Å²) in [5.74, 6) is -0.195. The number of hydrogen-bond donors (Lipinski definition) is 2. The zero-order valence-corrected chi connectivity index (χ0v) is 5.73. The van der Waals surface area contributed by atoms with Crippen LogP contribution in [0.15, 0.2) is 0 Å². The highest BCUT2D eigenvalue weighted by atomic mass is 16.1. The number of hydrogen-bond acceptors (Lipinski definition) is 1.